The lowest BCUT2D eigenvalue weighted by Gasteiger charge is -2.31. The second-order valence-corrected chi connectivity index (χ2v) is 7.11. The second kappa shape index (κ2) is 9.39. The number of benzene rings is 1. The van der Waals surface area contributed by atoms with Gasteiger partial charge in [0.05, 0.1) is 22.5 Å². The molecule has 0 aliphatic carbocycles. The number of aromatic nitrogens is 1. The number of carbonyl (C=O) groups excluding carboxylic acids is 1. The van der Waals surface area contributed by atoms with E-state index in [0.717, 1.165) is 6.20 Å². The van der Waals surface area contributed by atoms with Gasteiger partial charge < -0.3 is 20.5 Å². The van der Waals surface area contributed by atoms with Crippen molar-refractivity contribution in [2.24, 2.45) is 0 Å². The standard InChI is InChI=1S/C22H22F4N4O2/c1-3-13(4-2)14-9-18(19(11-17(14)23)30-7-5-27-6-8-30)29-21(32)15-12-28-20(31)10-16(15)22(24,25)26/h3-4,9-12,27H,1,5-8H2,2H3,(H,28,31)(H,29,32)/b13-4+. The van der Waals surface area contributed by atoms with Gasteiger partial charge in [-0.2, -0.15) is 13.2 Å². The van der Waals surface area contributed by atoms with Crippen LogP contribution < -0.4 is 21.1 Å². The summed E-state index contributed by atoms with van der Waals surface area (Å²) < 4.78 is 55.1. The Labute approximate surface area is 181 Å². The normalized spacial score (nSPS) is 14.9. The van der Waals surface area contributed by atoms with E-state index in [1.54, 1.807) is 13.0 Å². The number of amides is 1. The first-order valence-electron chi connectivity index (χ1n) is 9.85. The average Bonchev–Trinajstić information content (AvgIpc) is 2.76. The molecule has 1 aliphatic heterocycles. The maximum Gasteiger partial charge on any atom is 0.417 e. The number of hydrogen-bond acceptors (Lipinski definition) is 4. The van der Waals surface area contributed by atoms with E-state index in [1.807, 2.05) is 4.90 Å². The first-order valence-corrected chi connectivity index (χ1v) is 9.85. The summed E-state index contributed by atoms with van der Waals surface area (Å²) in [6.45, 7) is 7.63. The number of hydrogen-bond donors (Lipinski definition) is 3. The molecule has 6 nitrogen and oxygen atoms in total. The van der Waals surface area contributed by atoms with Crippen molar-refractivity contribution in [3.8, 4) is 0 Å². The fourth-order valence-electron chi connectivity index (χ4n) is 3.52. The second-order valence-electron chi connectivity index (χ2n) is 7.11. The van der Waals surface area contributed by atoms with Crippen LogP contribution in [0.15, 0.2) is 47.9 Å². The Hall–Kier alpha value is -3.40. The van der Waals surface area contributed by atoms with Gasteiger partial charge in [-0.05, 0) is 24.6 Å². The number of H-pyrrole nitrogens is 1. The van der Waals surface area contributed by atoms with Crippen LogP contribution in [0.5, 0.6) is 0 Å². The van der Waals surface area contributed by atoms with Gasteiger partial charge in [-0.1, -0.05) is 18.7 Å². The Morgan fingerprint density at radius 2 is 1.88 bits per heavy atom. The Balaban J connectivity index is 2.09. The van der Waals surface area contributed by atoms with Crippen LogP contribution in [0.1, 0.15) is 28.4 Å². The molecule has 0 unspecified atom stereocenters. The van der Waals surface area contributed by atoms with Gasteiger partial charge in [-0.25, -0.2) is 4.39 Å². The molecule has 170 valence electrons. The first-order chi connectivity index (χ1) is 15.2. The third-order valence-electron chi connectivity index (χ3n) is 5.11. The highest BCUT2D eigenvalue weighted by Crippen LogP contribution is 2.35. The minimum absolute atomic E-state index is 0.147. The highest BCUT2D eigenvalue weighted by atomic mass is 19.4. The summed E-state index contributed by atoms with van der Waals surface area (Å²) in [5.41, 5.74) is -1.98. The van der Waals surface area contributed by atoms with Gasteiger partial charge in [-0.3, -0.25) is 9.59 Å². The number of alkyl halides is 3. The maximum absolute atomic E-state index is 14.9. The lowest BCUT2D eigenvalue weighted by Crippen LogP contribution is -2.44. The zero-order valence-corrected chi connectivity index (χ0v) is 17.3. The van der Waals surface area contributed by atoms with Gasteiger partial charge in [0, 0.05) is 44.0 Å². The van der Waals surface area contributed by atoms with Gasteiger partial charge in [0.15, 0.2) is 0 Å². The average molecular weight is 450 g/mol. The lowest BCUT2D eigenvalue weighted by atomic mass is 10.0. The predicted molar refractivity (Wildman–Crippen MR) is 115 cm³/mol. The van der Waals surface area contributed by atoms with Crippen LogP contribution in [0.2, 0.25) is 0 Å². The van der Waals surface area contributed by atoms with E-state index in [-0.39, 0.29) is 11.3 Å². The molecule has 3 N–H and O–H groups in total. The molecule has 1 amide bonds. The molecular formula is C22H22F4N4O2. The van der Waals surface area contributed by atoms with Crippen LogP contribution in [0, 0.1) is 5.82 Å². The molecule has 1 aliphatic rings. The Morgan fingerprint density at radius 3 is 2.47 bits per heavy atom. The number of pyridine rings is 1. The van der Waals surface area contributed by atoms with Crippen molar-refractivity contribution >= 4 is 22.9 Å². The predicted octanol–water partition coefficient (Wildman–Crippen LogP) is 3.78. The minimum atomic E-state index is -4.91. The summed E-state index contributed by atoms with van der Waals surface area (Å²) in [6, 6.07) is 2.96. The molecule has 1 fully saturated rings. The molecule has 0 radical (unpaired) electrons. The van der Waals surface area contributed by atoms with Gasteiger partial charge in [0.1, 0.15) is 5.82 Å². The molecule has 1 aromatic carbocycles. The zero-order chi connectivity index (χ0) is 23.5. The van der Waals surface area contributed by atoms with Crippen LogP contribution in [0.25, 0.3) is 5.57 Å². The summed E-state index contributed by atoms with van der Waals surface area (Å²) in [4.78, 5) is 28.2. The molecule has 10 heteroatoms. The van der Waals surface area contributed by atoms with Gasteiger partial charge >= 0.3 is 6.18 Å². The van der Waals surface area contributed by atoms with Crippen molar-refractivity contribution < 1.29 is 22.4 Å². The van der Waals surface area contributed by atoms with Crippen molar-refractivity contribution in [3.63, 3.8) is 0 Å². The SMILES string of the molecule is C=C/C(=C\C)c1cc(NC(=O)c2c[nH]c(=O)cc2C(F)(F)F)c(N2CCNCC2)cc1F. The third-order valence-corrected chi connectivity index (χ3v) is 5.11. The van der Waals surface area contributed by atoms with Crippen molar-refractivity contribution in [1.29, 1.82) is 0 Å². The molecule has 2 heterocycles. The topological polar surface area (TPSA) is 77.2 Å². The molecule has 32 heavy (non-hydrogen) atoms. The number of nitrogens with one attached hydrogen (secondary N) is 3. The monoisotopic (exact) mass is 450 g/mol. The van der Waals surface area contributed by atoms with E-state index in [4.69, 9.17) is 0 Å². The maximum atomic E-state index is 14.9. The number of piperazine rings is 1. The molecule has 0 bridgehead atoms. The Morgan fingerprint density at radius 1 is 1.19 bits per heavy atom. The van der Waals surface area contributed by atoms with E-state index in [0.29, 0.717) is 43.5 Å². The van der Waals surface area contributed by atoms with Gasteiger partial charge in [0.2, 0.25) is 5.56 Å². The highest BCUT2D eigenvalue weighted by Gasteiger charge is 2.36. The van der Waals surface area contributed by atoms with E-state index < -0.39 is 34.6 Å². The van der Waals surface area contributed by atoms with Crippen LogP contribution >= 0.6 is 0 Å². The number of nitrogens with zero attached hydrogens (tertiary/aromatic N) is 1. The number of halogens is 4. The molecule has 0 saturated carbocycles. The Kier molecular flexibility index (Phi) is 6.83. The van der Waals surface area contributed by atoms with Crippen molar-refractivity contribution in [2.75, 3.05) is 36.4 Å². The number of allylic oxidation sites excluding steroid dienone is 3. The van der Waals surface area contributed by atoms with Crippen LogP contribution in [0.3, 0.4) is 0 Å². The molecule has 3 rings (SSSR count). The summed E-state index contributed by atoms with van der Waals surface area (Å²) >= 11 is 0. The fraction of sp³-hybridized carbons (Fsp3) is 0.273. The molecular weight excluding hydrogens is 428 g/mol. The van der Waals surface area contributed by atoms with E-state index in [2.05, 4.69) is 22.2 Å². The van der Waals surface area contributed by atoms with Crippen LogP contribution in [-0.4, -0.2) is 37.1 Å². The van der Waals surface area contributed by atoms with E-state index >= 15 is 0 Å². The summed E-state index contributed by atoms with van der Waals surface area (Å²) in [7, 11) is 0. The van der Waals surface area contributed by atoms with Crippen molar-refractivity contribution in [2.45, 2.75) is 13.1 Å². The Bertz CT molecular complexity index is 1120. The van der Waals surface area contributed by atoms with Crippen LogP contribution in [0.4, 0.5) is 28.9 Å². The number of carbonyl (C=O) groups is 1. The number of anilines is 2. The third kappa shape index (κ3) is 4.91. The van der Waals surface area contributed by atoms with Gasteiger partial charge in [-0.15, -0.1) is 0 Å². The smallest absolute Gasteiger partial charge is 0.367 e. The molecule has 1 saturated heterocycles. The summed E-state index contributed by atoms with van der Waals surface area (Å²) in [5, 5.41) is 5.63. The molecule has 1 aromatic heterocycles. The highest BCUT2D eigenvalue weighted by molar-refractivity contribution is 6.07. The largest absolute Gasteiger partial charge is 0.417 e. The quantitative estimate of drug-likeness (QED) is 0.479. The first kappa shape index (κ1) is 23.3. The molecule has 2 aromatic rings. The van der Waals surface area contributed by atoms with Crippen LogP contribution in [-0.2, 0) is 6.18 Å². The van der Waals surface area contributed by atoms with E-state index in [1.165, 1.54) is 18.2 Å². The van der Waals surface area contributed by atoms with E-state index in [9.17, 15) is 27.2 Å². The summed E-state index contributed by atoms with van der Waals surface area (Å²) in [5.74, 6) is -1.63. The van der Waals surface area contributed by atoms with Gasteiger partial charge in [0.25, 0.3) is 5.91 Å². The summed E-state index contributed by atoms with van der Waals surface area (Å²) in [6.07, 6.45) is -1.11. The number of rotatable bonds is 5. The molecule has 0 atom stereocenters. The lowest BCUT2D eigenvalue weighted by molar-refractivity contribution is -0.138. The van der Waals surface area contributed by atoms with Crippen molar-refractivity contribution in [1.82, 2.24) is 10.3 Å². The number of aromatic amines is 1. The zero-order valence-electron chi connectivity index (χ0n) is 17.3. The fourth-order valence-corrected chi connectivity index (χ4v) is 3.52. The van der Waals surface area contributed by atoms with Crippen molar-refractivity contribution in [3.05, 3.63) is 76.0 Å². The minimum Gasteiger partial charge on any atom is -0.367 e. The molecule has 0 spiro atoms.